The van der Waals surface area contributed by atoms with Crippen LogP contribution in [0.2, 0.25) is 0 Å². The predicted octanol–water partition coefficient (Wildman–Crippen LogP) is 2.75. The fraction of sp³-hybridized carbons (Fsp3) is 0.632. The molecule has 134 valence electrons. The first kappa shape index (κ1) is 18.6. The highest BCUT2D eigenvalue weighted by Crippen LogP contribution is 2.26. The molecule has 1 amide bonds. The van der Waals surface area contributed by atoms with Gasteiger partial charge in [-0.2, -0.15) is 0 Å². The van der Waals surface area contributed by atoms with Crippen LogP contribution in [-0.2, 0) is 4.79 Å². The molecule has 1 fully saturated rings. The summed E-state index contributed by atoms with van der Waals surface area (Å²) in [5.41, 5.74) is 0. The Morgan fingerprint density at radius 3 is 2.79 bits per heavy atom. The van der Waals surface area contributed by atoms with E-state index >= 15 is 0 Å². The Bertz CT molecular complexity index is 487. The van der Waals surface area contributed by atoms with Crippen molar-refractivity contribution in [2.24, 2.45) is 5.92 Å². The number of nitrogens with one attached hydrogen (secondary N) is 2. The molecule has 24 heavy (non-hydrogen) atoms. The van der Waals surface area contributed by atoms with Crippen molar-refractivity contribution in [3.8, 4) is 11.5 Å². The smallest absolute Gasteiger partial charge is 0.220 e. The highest BCUT2D eigenvalue weighted by Gasteiger charge is 2.12. The van der Waals surface area contributed by atoms with Gasteiger partial charge < -0.3 is 20.1 Å². The first-order valence-electron chi connectivity index (χ1n) is 9.11. The summed E-state index contributed by atoms with van der Waals surface area (Å²) in [4.78, 5) is 11.9. The van der Waals surface area contributed by atoms with Crippen molar-refractivity contribution in [1.82, 2.24) is 10.6 Å². The number of rotatable bonds is 10. The van der Waals surface area contributed by atoms with E-state index in [4.69, 9.17) is 9.47 Å². The molecule has 2 N–H and O–H groups in total. The molecule has 1 saturated heterocycles. The Hall–Kier alpha value is -1.75. The molecule has 2 rings (SSSR count). The average Bonchev–Trinajstić information content (AvgIpc) is 2.61. The van der Waals surface area contributed by atoms with Gasteiger partial charge in [0.25, 0.3) is 0 Å². The van der Waals surface area contributed by atoms with Crippen LogP contribution in [0.25, 0.3) is 0 Å². The molecule has 0 aliphatic carbocycles. The van der Waals surface area contributed by atoms with Gasteiger partial charge in [0.05, 0.1) is 13.2 Å². The molecule has 0 bridgehead atoms. The van der Waals surface area contributed by atoms with E-state index in [1.807, 2.05) is 31.2 Å². The molecule has 0 radical (unpaired) electrons. The molecule has 1 heterocycles. The standard InChI is InChI=1S/C19H30N2O3/c1-2-23-17-8-3-4-9-18(17)24-14-6-10-19(22)21-13-11-16-7-5-12-20-15-16/h3-4,8-9,16,20H,2,5-7,10-15H2,1H3,(H,21,22). The van der Waals surface area contributed by atoms with Crippen LogP contribution in [0, 0.1) is 5.92 Å². The Balaban J connectivity index is 1.56. The minimum atomic E-state index is 0.112. The lowest BCUT2D eigenvalue weighted by atomic mass is 9.96. The topological polar surface area (TPSA) is 59.6 Å². The second-order valence-corrected chi connectivity index (χ2v) is 6.18. The van der Waals surface area contributed by atoms with E-state index < -0.39 is 0 Å². The van der Waals surface area contributed by atoms with E-state index in [-0.39, 0.29) is 5.91 Å². The number of carbonyl (C=O) groups excluding carboxylic acids is 1. The van der Waals surface area contributed by atoms with E-state index in [0.717, 1.165) is 37.6 Å². The summed E-state index contributed by atoms with van der Waals surface area (Å²) in [5, 5.41) is 6.42. The van der Waals surface area contributed by atoms with Crippen molar-refractivity contribution in [2.75, 3.05) is 32.8 Å². The third-order valence-corrected chi connectivity index (χ3v) is 4.23. The summed E-state index contributed by atoms with van der Waals surface area (Å²) < 4.78 is 11.2. The van der Waals surface area contributed by atoms with Crippen LogP contribution in [0.15, 0.2) is 24.3 Å². The summed E-state index contributed by atoms with van der Waals surface area (Å²) in [6, 6.07) is 7.63. The molecular weight excluding hydrogens is 304 g/mol. The van der Waals surface area contributed by atoms with Crippen molar-refractivity contribution < 1.29 is 14.3 Å². The van der Waals surface area contributed by atoms with Crippen molar-refractivity contribution >= 4 is 5.91 Å². The van der Waals surface area contributed by atoms with Crippen LogP contribution in [0.1, 0.15) is 39.0 Å². The number of benzene rings is 1. The summed E-state index contributed by atoms with van der Waals surface area (Å²) in [6.45, 7) is 6.07. The fourth-order valence-corrected chi connectivity index (χ4v) is 2.93. The minimum absolute atomic E-state index is 0.112. The van der Waals surface area contributed by atoms with Crippen molar-refractivity contribution in [2.45, 2.75) is 39.0 Å². The van der Waals surface area contributed by atoms with Gasteiger partial charge in [0.2, 0.25) is 5.91 Å². The number of para-hydroxylation sites is 2. The molecule has 1 unspecified atom stereocenters. The van der Waals surface area contributed by atoms with Gasteiger partial charge in [0.1, 0.15) is 0 Å². The summed E-state index contributed by atoms with van der Waals surface area (Å²) in [6.07, 6.45) is 4.79. The SMILES string of the molecule is CCOc1ccccc1OCCCC(=O)NCCC1CCCNC1. The highest BCUT2D eigenvalue weighted by atomic mass is 16.5. The van der Waals surface area contributed by atoms with Gasteiger partial charge in [-0.3, -0.25) is 4.79 Å². The van der Waals surface area contributed by atoms with Gasteiger partial charge >= 0.3 is 0 Å². The minimum Gasteiger partial charge on any atom is -0.490 e. The van der Waals surface area contributed by atoms with Crippen molar-refractivity contribution in [3.63, 3.8) is 0 Å². The number of hydrogen-bond acceptors (Lipinski definition) is 4. The summed E-state index contributed by atoms with van der Waals surface area (Å²) >= 11 is 0. The molecule has 1 aliphatic rings. The highest BCUT2D eigenvalue weighted by molar-refractivity contribution is 5.75. The summed E-state index contributed by atoms with van der Waals surface area (Å²) in [5.74, 6) is 2.31. The molecule has 1 aromatic carbocycles. The molecule has 1 aliphatic heterocycles. The Morgan fingerprint density at radius 1 is 1.29 bits per heavy atom. The number of carbonyl (C=O) groups is 1. The molecule has 5 nitrogen and oxygen atoms in total. The maximum absolute atomic E-state index is 11.9. The third-order valence-electron chi connectivity index (χ3n) is 4.23. The average molecular weight is 334 g/mol. The second kappa shape index (κ2) is 10.9. The normalized spacial score (nSPS) is 17.3. The lowest BCUT2D eigenvalue weighted by Gasteiger charge is -2.22. The van der Waals surface area contributed by atoms with Crippen LogP contribution >= 0.6 is 0 Å². The Morgan fingerprint density at radius 2 is 2.08 bits per heavy atom. The lowest BCUT2D eigenvalue weighted by Crippen LogP contribution is -2.33. The van der Waals surface area contributed by atoms with Crippen LogP contribution in [0.4, 0.5) is 0 Å². The lowest BCUT2D eigenvalue weighted by molar-refractivity contribution is -0.121. The van der Waals surface area contributed by atoms with E-state index in [1.54, 1.807) is 0 Å². The molecule has 0 spiro atoms. The maximum Gasteiger partial charge on any atom is 0.220 e. The van der Waals surface area contributed by atoms with Crippen molar-refractivity contribution in [3.05, 3.63) is 24.3 Å². The van der Waals surface area contributed by atoms with Gasteiger partial charge in [-0.05, 0) is 63.7 Å². The monoisotopic (exact) mass is 334 g/mol. The molecule has 1 atom stereocenters. The number of amides is 1. The number of hydrogen-bond donors (Lipinski definition) is 2. The number of ether oxygens (including phenoxy) is 2. The molecule has 0 aromatic heterocycles. The van der Waals surface area contributed by atoms with Crippen molar-refractivity contribution in [1.29, 1.82) is 0 Å². The maximum atomic E-state index is 11.9. The predicted molar refractivity (Wildman–Crippen MR) is 95.6 cm³/mol. The van der Waals surface area contributed by atoms with Crippen LogP contribution in [0.5, 0.6) is 11.5 Å². The van der Waals surface area contributed by atoms with Gasteiger partial charge in [0.15, 0.2) is 11.5 Å². The fourth-order valence-electron chi connectivity index (χ4n) is 2.93. The largest absolute Gasteiger partial charge is 0.490 e. The first-order valence-corrected chi connectivity index (χ1v) is 9.11. The molecule has 1 aromatic rings. The van der Waals surface area contributed by atoms with Gasteiger partial charge in [-0.1, -0.05) is 12.1 Å². The van der Waals surface area contributed by atoms with E-state index in [9.17, 15) is 4.79 Å². The zero-order valence-corrected chi connectivity index (χ0v) is 14.7. The van der Waals surface area contributed by atoms with Crippen LogP contribution < -0.4 is 20.1 Å². The summed E-state index contributed by atoms with van der Waals surface area (Å²) in [7, 11) is 0. The van der Waals surface area contributed by atoms with Crippen LogP contribution in [-0.4, -0.2) is 38.8 Å². The van der Waals surface area contributed by atoms with Gasteiger partial charge in [-0.25, -0.2) is 0 Å². The third kappa shape index (κ3) is 6.79. The Labute approximate surface area is 145 Å². The first-order chi connectivity index (χ1) is 11.8. The zero-order chi connectivity index (χ0) is 17.0. The van der Waals surface area contributed by atoms with E-state index in [1.165, 1.54) is 12.8 Å². The molecule has 5 heteroatoms. The molecular formula is C19H30N2O3. The zero-order valence-electron chi connectivity index (χ0n) is 14.7. The number of piperidine rings is 1. The van der Waals surface area contributed by atoms with Crippen LogP contribution in [0.3, 0.4) is 0 Å². The second-order valence-electron chi connectivity index (χ2n) is 6.18. The van der Waals surface area contributed by atoms with Gasteiger partial charge in [0, 0.05) is 13.0 Å². The quantitative estimate of drug-likeness (QED) is 0.646. The van der Waals surface area contributed by atoms with E-state index in [0.29, 0.717) is 32.0 Å². The van der Waals surface area contributed by atoms with E-state index in [2.05, 4.69) is 10.6 Å². The molecule has 0 saturated carbocycles. The Kier molecular flexibility index (Phi) is 8.46. The van der Waals surface area contributed by atoms with Gasteiger partial charge in [-0.15, -0.1) is 0 Å².